The van der Waals surface area contributed by atoms with Crippen LogP contribution in [0.4, 0.5) is 0 Å². The first kappa shape index (κ1) is 16.3. The quantitative estimate of drug-likeness (QED) is 0.625. The third-order valence-corrected chi connectivity index (χ3v) is 5.04. The van der Waals surface area contributed by atoms with Gasteiger partial charge in [0.15, 0.2) is 0 Å². The molecule has 2 unspecified atom stereocenters. The molecule has 3 aromatic carbocycles. The highest BCUT2D eigenvalue weighted by molar-refractivity contribution is 5.51. The van der Waals surface area contributed by atoms with Gasteiger partial charge >= 0.3 is 0 Å². The van der Waals surface area contributed by atoms with Gasteiger partial charge in [-0.25, -0.2) is 0 Å². The van der Waals surface area contributed by atoms with E-state index in [1.165, 1.54) is 16.7 Å². The maximum atomic E-state index is 10.8. The van der Waals surface area contributed by atoms with Crippen LogP contribution in [0.2, 0.25) is 0 Å². The van der Waals surface area contributed by atoms with Crippen molar-refractivity contribution in [1.82, 2.24) is 0 Å². The molecule has 0 aliphatic rings. The average molecular weight is 316 g/mol. The molecule has 0 spiro atoms. The summed E-state index contributed by atoms with van der Waals surface area (Å²) in [7, 11) is 0. The second-order valence-electron chi connectivity index (χ2n) is 6.48. The zero-order valence-electron chi connectivity index (χ0n) is 14.5. The molecule has 0 aliphatic carbocycles. The number of aromatic hydroxyl groups is 1. The van der Waals surface area contributed by atoms with Crippen LogP contribution in [-0.4, -0.2) is 5.11 Å². The minimum absolute atomic E-state index is 0.172. The summed E-state index contributed by atoms with van der Waals surface area (Å²) in [6.07, 6.45) is 0. The van der Waals surface area contributed by atoms with E-state index in [-0.39, 0.29) is 11.8 Å². The number of phenols is 1. The minimum Gasteiger partial charge on any atom is -0.507 e. The van der Waals surface area contributed by atoms with Crippen molar-refractivity contribution in [3.05, 3.63) is 101 Å². The molecule has 0 amide bonds. The van der Waals surface area contributed by atoms with Crippen LogP contribution in [0.3, 0.4) is 0 Å². The fourth-order valence-electron chi connectivity index (χ4n) is 3.40. The molecule has 122 valence electrons. The lowest BCUT2D eigenvalue weighted by Gasteiger charge is -2.21. The van der Waals surface area contributed by atoms with Crippen LogP contribution in [0, 0.1) is 6.92 Å². The lowest BCUT2D eigenvalue weighted by Crippen LogP contribution is -2.03. The predicted molar refractivity (Wildman–Crippen MR) is 101 cm³/mol. The second kappa shape index (κ2) is 6.92. The van der Waals surface area contributed by atoms with Crippen LogP contribution >= 0.6 is 0 Å². The van der Waals surface area contributed by atoms with Crippen LogP contribution in [0.25, 0.3) is 0 Å². The van der Waals surface area contributed by atoms with E-state index in [2.05, 4.69) is 62.4 Å². The van der Waals surface area contributed by atoms with Gasteiger partial charge in [-0.3, -0.25) is 0 Å². The largest absolute Gasteiger partial charge is 0.507 e. The van der Waals surface area contributed by atoms with Crippen molar-refractivity contribution in [3.8, 4) is 5.75 Å². The summed E-state index contributed by atoms with van der Waals surface area (Å²) in [5.74, 6) is 0.857. The van der Waals surface area contributed by atoms with Gasteiger partial charge in [-0.2, -0.15) is 0 Å². The highest BCUT2D eigenvalue weighted by Crippen LogP contribution is 2.38. The van der Waals surface area contributed by atoms with Gasteiger partial charge in [0.25, 0.3) is 0 Å². The van der Waals surface area contributed by atoms with Gasteiger partial charge < -0.3 is 5.11 Å². The first-order valence-corrected chi connectivity index (χ1v) is 8.52. The molecule has 2 atom stereocenters. The van der Waals surface area contributed by atoms with E-state index in [0.29, 0.717) is 5.75 Å². The maximum absolute atomic E-state index is 10.8. The lowest BCUT2D eigenvalue weighted by atomic mass is 9.85. The zero-order valence-corrected chi connectivity index (χ0v) is 14.5. The molecule has 0 aliphatic heterocycles. The summed E-state index contributed by atoms with van der Waals surface area (Å²) in [6, 6.07) is 25.0. The molecular weight excluding hydrogens is 292 g/mol. The van der Waals surface area contributed by atoms with Crippen molar-refractivity contribution in [2.75, 3.05) is 0 Å². The number of hydrogen-bond acceptors (Lipinski definition) is 1. The monoisotopic (exact) mass is 316 g/mol. The van der Waals surface area contributed by atoms with Crippen LogP contribution in [0.1, 0.15) is 53.5 Å². The predicted octanol–water partition coefficient (Wildman–Crippen LogP) is 6.00. The Morgan fingerprint density at radius 1 is 0.625 bits per heavy atom. The summed E-state index contributed by atoms with van der Waals surface area (Å²) in [5, 5.41) is 10.8. The van der Waals surface area contributed by atoms with Gasteiger partial charge in [0.2, 0.25) is 0 Å². The number of benzene rings is 3. The van der Waals surface area contributed by atoms with Crippen molar-refractivity contribution in [3.63, 3.8) is 0 Å². The van der Waals surface area contributed by atoms with E-state index in [9.17, 15) is 5.11 Å². The van der Waals surface area contributed by atoms with E-state index in [4.69, 9.17) is 0 Å². The average Bonchev–Trinajstić information content (AvgIpc) is 2.64. The summed E-state index contributed by atoms with van der Waals surface area (Å²) in [4.78, 5) is 0. The Balaban J connectivity index is 1.98. The molecule has 0 fully saturated rings. The number of phenolic OH excluding ortho intramolecular Hbond substituents is 1. The van der Waals surface area contributed by atoms with Crippen molar-refractivity contribution < 1.29 is 5.11 Å². The Labute approximate surface area is 144 Å². The van der Waals surface area contributed by atoms with Gasteiger partial charge in [0, 0.05) is 17.4 Å². The van der Waals surface area contributed by atoms with Crippen LogP contribution in [0.15, 0.2) is 72.8 Å². The summed E-state index contributed by atoms with van der Waals surface area (Å²) >= 11 is 0. The third-order valence-electron chi connectivity index (χ3n) is 5.04. The van der Waals surface area contributed by atoms with Crippen molar-refractivity contribution in [1.29, 1.82) is 0 Å². The maximum Gasteiger partial charge on any atom is 0.122 e. The highest BCUT2D eigenvalue weighted by atomic mass is 16.3. The fourth-order valence-corrected chi connectivity index (χ4v) is 3.40. The van der Waals surface area contributed by atoms with E-state index < -0.39 is 0 Å². The molecule has 24 heavy (non-hydrogen) atoms. The summed E-state index contributed by atoms with van der Waals surface area (Å²) < 4.78 is 0. The van der Waals surface area contributed by atoms with Gasteiger partial charge in [-0.05, 0) is 29.2 Å². The van der Waals surface area contributed by atoms with E-state index in [0.717, 1.165) is 11.1 Å². The Morgan fingerprint density at radius 3 is 1.54 bits per heavy atom. The Kier molecular flexibility index (Phi) is 4.71. The van der Waals surface area contributed by atoms with Crippen molar-refractivity contribution in [2.24, 2.45) is 0 Å². The van der Waals surface area contributed by atoms with Gasteiger partial charge in [0.1, 0.15) is 5.75 Å². The minimum atomic E-state index is 0.172. The molecule has 0 saturated carbocycles. The molecule has 0 radical (unpaired) electrons. The van der Waals surface area contributed by atoms with Gasteiger partial charge in [-0.1, -0.05) is 86.6 Å². The van der Waals surface area contributed by atoms with E-state index in [1.54, 1.807) is 0 Å². The molecule has 3 rings (SSSR count). The number of hydrogen-bond donors (Lipinski definition) is 1. The molecular formula is C23H24O. The Bertz CT molecular complexity index is 736. The second-order valence-corrected chi connectivity index (χ2v) is 6.48. The molecule has 1 nitrogen and oxygen atoms in total. The lowest BCUT2D eigenvalue weighted by molar-refractivity contribution is 0.460. The molecule has 0 aromatic heterocycles. The van der Waals surface area contributed by atoms with Crippen LogP contribution in [0.5, 0.6) is 5.75 Å². The molecule has 1 heteroatoms. The molecule has 1 N–H and O–H groups in total. The molecule has 0 bridgehead atoms. The van der Waals surface area contributed by atoms with Crippen LogP contribution in [-0.2, 0) is 0 Å². The topological polar surface area (TPSA) is 20.2 Å². The molecule has 3 aromatic rings. The molecule has 0 saturated heterocycles. The highest BCUT2D eigenvalue weighted by Gasteiger charge is 2.19. The van der Waals surface area contributed by atoms with Crippen molar-refractivity contribution in [2.45, 2.75) is 32.6 Å². The van der Waals surface area contributed by atoms with Crippen molar-refractivity contribution >= 4 is 0 Å². The van der Waals surface area contributed by atoms with E-state index >= 15 is 0 Å². The number of rotatable bonds is 4. The normalized spacial score (nSPS) is 13.5. The first-order chi connectivity index (χ1) is 11.6. The Morgan fingerprint density at radius 2 is 1.04 bits per heavy atom. The SMILES string of the molecule is Cc1c(C(C)c2ccccc2)ccc(C(C)c2ccccc2)c1O. The summed E-state index contributed by atoms with van der Waals surface area (Å²) in [5.41, 5.74) is 5.64. The van der Waals surface area contributed by atoms with Crippen LogP contribution < -0.4 is 0 Å². The third kappa shape index (κ3) is 3.07. The van der Waals surface area contributed by atoms with E-state index in [1.807, 2.05) is 31.2 Å². The van der Waals surface area contributed by atoms with Gasteiger partial charge in [-0.15, -0.1) is 0 Å². The smallest absolute Gasteiger partial charge is 0.122 e. The Hall–Kier alpha value is -2.54. The zero-order chi connectivity index (χ0) is 17.1. The standard InChI is InChI=1S/C23H24O/c1-16(19-10-6-4-7-11-19)21-14-15-22(23(24)18(21)3)17(2)20-12-8-5-9-13-20/h4-17,24H,1-3H3. The molecule has 0 heterocycles. The summed E-state index contributed by atoms with van der Waals surface area (Å²) in [6.45, 7) is 6.35. The van der Waals surface area contributed by atoms with Gasteiger partial charge in [0.05, 0.1) is 0 Å². The first-order valence-electron chi connectivity index (χ1n) is 8.52. The fraction of sp³-hybridized carbons (Fsp3) is 0.217.